The molecule has 0 heterocycles. The average Bonchev–Trinajstić information content (AvgIpc) is 2.12. The molecule has 0 saturated carbocycles. The Bertz CT molecular complexity index is 199. The zero-order valence-electron chi connectivity index (χ0n) is 6.51. The van der Waals surface area contributed by atoms with E-state index >= 15 is 0 Å². The van der Waals surface area contributed by atoms with Gasteiger partial charge in [-0.3, -0.25) is 4.79 Å². The summed E-state index contributed by atoms with van der Waals surface area (Å²) in [4.78, 5) is 9.51. The average molecular weight is 323 g/mol. The highest BCUT2D eigenvalue weighted by atomic mass is 35.5. The van der Waals surface area contributed by atoms with Crippen LogP contribution >= 0.6 is 69.6 Å². The number of carboxylic acid groups (broad SMARTS) is 1. The van der Waals surface area contributed by atoms with Crippen LogP contribution in [-0.2, 0) is 4.79 Å². The second kappa shape index (κ2) is 6.72. The molecule has 14 heavy (non-hydrogen) atoms. The lowest BCUT2D eigenvalue weighted by Gasteiger charge is -2.22. The van der Waals surface area contributed by atoms with Gasteiger partial charge >= 0.3 is 5.97 Å². The van der Waals surface area contributed by atoms with E-state index in [4.69, 9.17) is 74.7 Å². The van der Waals surface area contributed by atoms with Crippen LogP contribution in [0.4, 0.5) is 0 Å². The molecule has 0 aromatic rings. The predicted molar refractivity (Wildman–Crippen MR) is 61.7 cm³/mol. The first-order valence-electron chi connectivity index (χ1n) is 3.36. The summed E-state index contributed by atoms with van der Waals surface area (Å²) < 4.78 is 0. The molecule has 0 bridgehead atoms. The van der Waals surface area contributed by atoms with Crippen LogP contribution in [0.5, 0.6) is 0 Å². The quantitative estimate of drug-likeness (QED) is 0.789. The molecule has 8 heteroatoms. The van der Waals surface area contributed by atoms with Crippen LogP contribution in [0.3, 0.4) is 0 Å². The number of carboxylic acids is 1. The zero-order valence-corrected chi connectivity index (χ0v) is 11.0. The summed E-state index contributed by atoms with van der Waals surface area (Å²) in [5.74, 6) is -1.28. The van der Waals surface area contributed by atoms with E-state index in [0.29, 0.717) is 0 Å². The Morgan fingerprint density at radius 2 is 1.29 bits per heavy atom. The molecule has 0 amide bonds. The Morgan fingerprint density at radius 1 is 0.857 bits per heavy atom. The van der Waals surface area contributed by atoms with Gasteiger partial charge in [0.1, 0.15) is 10.2 Å². The van der Waals surface area contributed by atoms with Gasteiger partial charge in [-0.15, -0.1) is 69.6 Å². The molecule has 0 saturated heterocycles. The van der Waals surface area contributed by atoms with Crippen molar-refractivity contribution in [3.8, 4) is 0 Å². The fourth-order valence-electron chi connectivity index (χ4n) is 0.612. The summed E-state index contributed by atoms with van der Waals surface area (Å²) in [7, 11) is 0. The number of aliphatic carboxylic acids is 1. The van der Waals surface area contributed by atoms with Crippen molar-refractivity contribution in [3.63, 3.8) is 0 Å². The molecule has 0 radical (unpaired) electrons. The van der Waals surface area contributed by atoms with E-state index in [2.05, 4.69) is 0 Å². The number of halogens is 6. The topological polar surface area (TPSA) is 37.3 Å². The Balaban J connectivity index is 4.37. The summed E-state index contributed by atoms with van der Waals surface area (Å²) >= 11 is 33.4. The smallest absolute Gasteiger partial charge is 0.323 e. The third kappa shape index (κ3) is 4.38. The van der Waals surface area contributed by atoms with Crippen molar-refractivity contribution < 1.29 is 9.90 Å². The van der Waals surface area contributed by atoms with Gasteiger partial charge in [0.15, 0.2) is 0 Å². The van der Waals surface area contributed by atoms with Crippen molar-refractivity contribution in [1.29, 1.82) is 0 Å². The zero-order chi connectivity index (χ0) is 11.5. The molecule has 4 atom stereocenters. The van der Waals surface area contributed by atoms with E-state index in [1.54, 1.807) is 0 Å². The van der Waals surface area contributed by atoms with E-state index in [1.165, 1.54) is 0 Å². The van der Waals surface area contributed by atoms with Gasteiger partial charge in [0.05, 0.1) is 16.1 Å². The fourth-order valence-corrected chi connectivity index (χ4v) is 2.09. The van der Waals surface area contributed by atoms with Crippen LogP contribution in [0.1, 0.15) is 0 Å². The van der Waals surface area contributed by atoms with Crippen molar-refractivity contribution >= 4 is 75.6 Å². The molecule has 0 fully saturated rings. The van der Waals surface area contributed by atoms with Crippen LogP contribution in [0.25, 0.3) is 0 Å². The lowest BCUT2D eigenvalue weighted by atomic mass is 10.2. The van der Waals surface area contributed by atoms with Crippen molar-refractivity contribution in [2.45, 2.75) is 26.3 Å². The number of rotatable bonds is 5. The molecular formula is C6H6Cl6O2. The maximum Gasteiger partial charge on any atom is 0.323 e. The molecule has 84 valence electrons. The minimum Gasteiger partial charge on any atom is -0.480 e. The first kappa shape index (κ1) is 15.2. The summed E-state index contributed by atoms with van der Waals surface area (Å²) in [5.41, 5.74) is 0. The van der Waals surface area contributed by atoms with Crippen molar-refractivity contribution in [1.82, 2.24) is 0 Å². The molecule has 2 nitrogen and oxygen atoms in total. The van der Waals surface area contributed by atoms with Crippen LogP contribution in [0.15, 0.2) is 0 Å². The van der Waals surface area contributed by atoms with E-state index in [-0.39, 0.29) is 0 Å². The lowest BCUT2D eigenvalue weighted by Crippen LogP contribution is -2.38. The highest BCUT2D eigenvalue weighted by Crippen LogP contribution is 2.29. The summed E-state index contributed by atoms with van der Waals surface area (Å²) in [6, 6.07) is 0. The number of alkyl halides is 6. The van der Waals surface area contributed by atoms with Crippen molar-refractivity contribution in [2.24, 2.45) is 0 Å². The molecule has 0 aliphatic carbocycles. The molecule has 4 unspecified atom stereocenters. The Labute approximate surface area is 111 Å². The standard InChI is InChI=1S/C6H6Cl6O2/c7-1(3(9)5(11)12)2(8)4(10)6(13)14/h1-5H,(H,13,14). The Morgan fingerprint density at radius 3 is 1.57 bits per heavy atom. The van der Waals surface area contributed by atoms with E-state index in [1.807, 2.05) is 0 Å². The molecule has 0 rings (SSSR count). The SMILES string of the molecule is O=C(O)C(Cl)C(Cl)C(Cl)C(Cl)C(Cl)Cl. The Kier molecular flexibility index (Phi) is 7.30. The van der Waals surface area contributed by atoms with Crippen LogP contribution < -0.4 is 0 Å². The fraction of sp³-hybridized carbons (Fsp3) is 0.833. The lowest BCUT2D eigenvalue weighted by molar-refractivity contribution is -0.136. The molecule has 0 aliphatic heterocycles. The van der Waals surface area contributed by atoms with Gasteiger partial charge in [0.25, 0.3) is 0 Å². The predicted octanol–water partition coefficient (Wildman–Crippen LogP) is 3.30. The molecule has 1 N–H and O–H groups in total. The second-order valence-corrected chi connectivity index (χ2v) is 5.55. The highest BCUT2D eigenvalue weighted by molar-refractivity contribution is 6.50. The third-order valence-corrected chi connectivity index (χ3v) is 4.60. The monoisotopic (exact) mass is 320 g/mol. The minimum atomic E-state index is -1.34. The second-order valence-electron chi connectivity index (χ2n) is 2.41. The first-order valence-corrected chi connectivity index (χ1v) is 5.98. The van der Waals surface area contributed by atoms with Crippen LogP contribution in [0, 0.1) is 0 Å². The Hall–Kier alpha value is 1.21. The normalized spacial score (nSPS) is 20.2. The van der Waals surface area contributed by atoms with Gasteiger partial charge < -0.3 is 5.11 Å². The van der Waals surface area contributed by atoms with Gasteiger partial charge in [-0.05, 0) is 0 Å². The molecular weight excluding hydrogens is 317 g/mol. The van der Waals surface area contributed by atoms with E-state index < -0.39 is 32.3 Å². The van der Waals surface area contributed by atoms with E-state index in [0.717, 1.165) is 0 Å². The van der Waals surface area contributed by atoms with Gasteiger partial charge in [-0.1, -0.05) is 0 Å². The number of hydrogen-bond acceptors (Lipinski definition) is 1. The van der Waals surface area contributed by atoms with Crippen LogP contribution in [-0.4, -0.2) is 37.4 Å². The third-order valence-electron chi connectivity index (χ3n) is 1.36. The van der Waals surface area contributed by atoms with E-state index in [9.17, 15) is 4.79 Å². The maximum absolute atomic E-state index is 10.5. The molecule has 0 aromatic carbocycles. The summed E-state index contributed by atoms with van der Waals surface area (Å²) in [5, 5.41) is 4.33. The maximum atomic E-state index is 10.5. The first-order chi connectivity index (χ1) is 6.29. The molecule has 0 spiro atoms. The van der Waals surface area contributed by atoms with Crippen molar-refractivity contribution in [2.75, 3.05) is 0 Å². The summed E-state index contributed by atoms with van der Waals surface area (Å²) in [6.45, 7) is 0. The van der Waals surface area contributed by atoms with Gasteiger partial charge in [-0.2, -0.15) is 0 Å². The summed E-state index contributed by atoms with van der Waals surface area (Å²) in [6.07, 6.45) is 0. The van der Waals surface area contributed by atoms with Gasteiger partial charge in [-0.25, -0.2) is 0 Å². The van der Waals surface area contributed by atoms with Crippen LogP contribution in [0.2, 0.25) is 0 Å². The van der Waals surface area contributed by atoms with Gasteiger partial charge in [0.2, 0.25) is 0 Å². The molecule has 0 aromatic heterocycles. The van der Waals surface area contributed by atoms with Gasteiger partial charge in [0, 0.05) is 0 Å². The molecule has 0 aliphatic rings. The van der Waals surface area contributed by atoms with Crippen molar-refractivity contribution in [3.05, 3.63) is 0 Å². The highest BCUT2D eigenvalue weighted by Gasteiger charge is 2.36. The largest absolute Gasteiger partial charge is 0.480 e. The number of carbonyl (C=O) groups is 1. The number of hydrogen-bond donors (Lipinski definition) is 1. The minimum absolute atomic E-state index is 0.872.